The molecular weight excluding hydrogens is 422 g/mol. The second-order valence-electron chi connectivity index (χ2n) is 7.72. The van der Waals surface area contributed by atoms with Crippen LogP contribution in [0.15, 0.2) is 95.6 Å². The van der Waals surface area contributed by atoms with Crippen molar-refractivity contribution in [2.24, 2.45) is 4.99 Å². The largest absolute Gasteiger partial charge is 0.507 e. The molecule has 3 aromatic rings. The minimum atomic E-state index is -0.301. The van der Waals surface area contributed by atoms with Crippen LogP contribution in [0.4, 0.5) is 8.78 Å². The summed E-state index contributed by atoms with van der Waals surface area (Å²) in [5.74, 6) is 0.0289. The Morgan fingerprint density at radius 3 is 2.27 bits per heavy atom. The molecule has 0 aromatic heterocycles. The fourth-order valence-corrected chi connectivity index (χ4v) is 3.61. The first-order valence-electron chi connectivity index (χ1n) is 10.6. The Labute approximate surface area is 191 Å². The lowest BCUT2D eigenvalue weighted by Crippen LogP contribution is -2.22. The summed E-state index contributed by atoms with van der Waals surface area (Å²) >= 11 is 0. The predicted molar refractivity (Wildman–Crippen MR) is 125 cm³/mol. The van der Waals surface area contributed by atoms with Gasteiger partial charge < -0.3 is 14.7 Å². The van der Waals surface area contributed by atoms with E-state index in [2.05, 4.69) is 4.90 Å². The SMILES string of the molecule is COc1ccc(C(=NCc2ccc(F)cc2)C2=CN(Cc3ccc(F)cc3)CC=C2)c(O)c1. The second-order valence-corrected chi connectivity index (χ2v) is 7.72. The topological polar surface area (TPSA) is 45.1 Å². The summed E-state index contributed by atoms with van der Waals surface area (Å²) in [6.07, 6.45) is 5.97. The molecule has 6 heteroatoms. The van der Waals surface area contributed by atoms with Crippen molar-refractivity contribution in [3.8, 4) is 11.5 Å². The summed E-state index contributed by atoms with van der Waals surface area (Å²) in [6.45, 7) is 1.62. The first kappa shape index (κ1) is 22.3. The highest BCUT2D eigenvalue weighted by Gasteiger charge is 2.17. The van der Waals surface area contributed by atoms with Crippen LogP contribution >= 0.6 is 0 Å². The Hall–Kier alpha value is -3.93. The number of benzene rings is 3. The van der Waals surface area contributed by atoms with E-state index in [1.165, 1.54) is 31.4 Å². The van der Waals surface area contributed by atoms with E-state index in [1.54, 1.807) is 42.5 Å². The van der Waals surface area contributed by atoms with E-state index in [9.17, 15) is 13.9 Å². The lowest BCUT2D eigenvalue weighted by atomic mass is 9.99. The van der Waals surface area contributed by atoms with Gasteiger partial charge in [0.05, 0.1) is 19.4 Å². The van der Waals surface area contributed by atoms with E-state index in [-0.39, 0.29) is 17.4 Å². The molecule has 0 unspecified atom stereocenters. The van der Waals surface area contributed by atoms with E-state index in [0.717, 1.165) is 16.7 Å². The third-order valence-corrected chi connectivity index (χ3v) is 5.32. The smallest absolute Gasteiger partial charge is 0.128 e. The summed E-state index contributed by atoms with van der Waals surface area (Å²) < 4.78 is 31.7. The molecule has 3 aromatic carbocycles. The van der Waals surface area contributed by atoms with E-state index >= 15 is 0 Å². The second kappa shape index (κ2) is 10.1. The highest BCUT2D eigenvalue weighted by atomic mass is 19.1. The molecule has 4 nitrogen and oxygen atoms in total. The number of ether oxygens (including phenoxy) is 1. The molecule has 0 saturated heterocycles. The van der Waals surface area contributed by atoms with Crippen molar-refractivity contribution in [1.29, 1.82) is 0 Å². The average Bonchev–Trinajstić information content (AvgIpc) is 2.83. The van der Waals surface area contributed by atoms with Crippen molar-refractivity contribution in [2.75, 3.05) is 13.7 Å². The molecule has 0 fully saturated rings. The molecule has 0 atom stereocenters. The maximum Gasteiger partial charge on any atom is 0.128 e. The molecule has 1 heterocycles. The minimum absolute atomic E-state index is 0.0529. The quantitative estimate of drug-likeness (QED) is 0.479. The van der Waals surface area contributed by atoms with Crippen LogP contribution in [0.3, 0.4) is 0 Å². The Morgan fingerprint density at radius 1 is 0.970 bits per heavy atom. The fraction of sp³-hybridized carbons (Fsp3) is 0.148. The molecular formula is C27H24F2N2O2. The number of phenolic OH excluding ortho intramolecular Hbond substituents is 1. The molecule has 1 aliphatic rings. The normalized spacial score (nSPS) is 13.7. The fourth-order valence-electron chi connectivity index (χ4n) is 3.61. The average molecular weight is 446 g/mol. The molecule has 168 valence electrons. The zero-order chi connectivity index (χ0) is 23.2. The number of aromatic hydroxyl groups is 1. The molecule has 0 amide bonds. The summed E-state index contributed by atoms with van der Waals surface area (Å²) in [6, 6.07) is 17.7. The molecule has 0 aliphatic carbocycles. The van der Waals surface area contributed by atoms with Gasteiger partial charge in [-0.1, -0.05) is 36.4 Å². The third-order valence-electron chi connectivity index (χ3n) is 5.32. The van der Waals surface area contributed by atoms with Gasteiger partial charge in [0.1, 0.15) is 23.1 Å². The zero-order valence-electron chi connectivity index (χ0n) is 18.2. The van der Waals surface area contributed by atoms with Crippen LogP contribution in [-0.2, 0) is 13.1 Å². The van der Waals surface area contributed by atoms with Gasteiger partial charge in [-0.05, 0) is 47.5 Å². The van der Waals surface area contributed by atoms with Gasteiger partial charge in [-0.3, -0.25) is 4.99 Å². The van der Waals surface area contributed by atoms with E-state index in [4.69, 9.17) is 9.73 Å². The van der Waals surface area contributed by atoms with Crippen molar-refractivity contribution < 1.29 is 18.6 Å². The van der Waals surface area contributed by atoms with Gasteiger partial charge in [-0.2, -0.15) is 0 Å². The summed E-state index contributed by atoms with van der Waals surface area (Å²) in [5, 5.41) is 10.7. The van der Waals surface area contributed by atoms with Crippen LogP contribution in [0.5, 0.6) is 11.5 Å². The Morgan fingerprint density at radius 2 is 1.64 bits per heavy atom. The number of halogens is 2. The number of rotatable bonds is 7. The van der Waals surface area contributed by atoms with E-state index < -0.39 is 0 Å². The van der Waals surface area contributed by atoms with Crippen LogP contribution in [0, 0.1) is 11.6 Å². The maximum absolute atomic E-state index is 13.3. The lowest BCUT2D eigenvalue weighted by molar-refractivity contribution is 0.403. The van der Waals surface area contributed by atoms with Gasteiger partial charge in [0, 0.05) is 36.5 Å². The number of aliphatic imine (C=N–C) groups is 1. The van der Waals surface area contributed by atoms with Gasteiger partial charge in [0.2, 0.25) is 0 Å². The number of hydrogen-bond acceptors (Lipinski definition) is 4. The predicted octanol–water partition coefficient (Wildman–Crippen LogP) is 5.62. The van der Waals surface area contributed by atoms with Crippen LogP contribution < -0.4 is 4.74 Å². The van der Waals surface area contributed by atoms with E-state index in [1.807, 2.05) is 18.4 Å². The molecule has 0 radical (unpaired) electrons. The molecule has 1 N–H and O–H groups in total. The Kier molecular flexibility index (Phi) is 6.83. The van der Waals surface area contributed by atoms with Gasteiger partial charge >= 0.3 is 0 Å². The number of allylic oxidation sites excluding steroid dienone is 2. The van der Waals surface area contributed by atoms with Crippen LogP contribution in [0.25, 0.3) is 0 Å². The van der Waals surface area contributed by atoms with Gasteiger partial charge in [-0.15, -0.1) is 0 Å². The molecule has 0 spiro atoms. The molecule has 0 bridgehead atoms. The van der Waals surface area contributed by atoms with Crippen LogP contribution in [-0.4, -0.2) is 29.4 Å². The molecule has 33 heavy (non-hydrogen) atoms. The summed E-state index contributed by atoms with van der Waals surface area (Å²) in [5.41, 5.74) is 3.84. The number of nitrogens with zero attached hydrogens (tertiary/aromatic N) is 2. The minimum Gasteiger partial charge on any atom is -0.507 e. The highest BCUT2D eigenvalue weighted by Crippen LogP contribution is 2.28. The third kappa shape index (κ3) is 5.66. The molecule has 0 saturated carbocycles. The Balaban J connectivity index is 1.67. The first-order chi connectivity index (χ1) is 16.0. The van der Waals surface area contributed by atoms with Gasteiger partial charge in [0.25, 0.3) is 0 Å². The summed E-state index contributed by atoms with van der Waals surface area (Å²) in [7, 11) is 1.54. The van der Waals surface area contributed by atoms with Crippen LogP contribution in [0.1, 0.15) is 16.7 Å². The number of methoxy groups -OCH3 is 1. The van der Waals surface area contributed by atoms with Crippen molar-refractivity contribution in [2.45, 2.75) is 13.1 Å². The maximum atomic E-state index is 13.3. The molecule has 4 rings (SSSR count). The van der Waals surface area contributed by atoms with Crippen LogP contribution in [0.2, 0.25) is 0 Å². The van der Waals surface area contributed by atoms with Crippen molar-refractivity contribution in [1.82, 2.24) is 4.90 Å². The zero-order valence-corrected chi connectivity index (χ0v) is 18.2. The highest BCUT2D eigenvalue weighted by molar-refractivity contribution is 6.16. The number of phenols is 1. The monoisotopic (exact) mass is 446 g/mol. The lowest BCUT2D eigenvalue weighted by Gasteiger charge is -2.24. The van der Waals surface area contributed by atoms with Crippen molar-refractivity contribution in [3.63, 3.8) is 0 Å². The van der Waals surface area contributed by atoms with Gasteiger partial charge in [0.15, 0.2) is 0 Å². The van der Waals surface area contributed by atoms with Crippen molar-refractivity contribution >= 4 is 5.71 Å². The summed E-state index contributed by atoms with van der Waals surface area (Å²) in [4.78, 5) is 6.88. The first-order valence-corrected chi connectivity index (χ1v) is 10.6. The molecule has 1 aliphatic heterocycles. The van der Waals surface area contributed by atoms with Gasteiger partial charge in [-0.25, -0.2) is 8.78 Å². The Bertz CT molecular complexity index is 1200. The van der Waals surface area contributed by atoms with E-state index in [0.29, 0.717) is 36.7 Å². The number of hydrogen-bond donors (Lipinski definition) is 1. The van der Waals surface area contributed by atoms with Crippen molar-refractivity contribution in [3.05, 3.63) is 119 Å². The standard InChI is InChI=1S/C27H24F2N2O2/c1-33-24-12-13-25(26(32)15-24)27(30-16-19-4-8-22(28)9-5-19)21-3-2-14-31(18-21)17-20-6-10-23(29)11-7-20/h2-13,15,18,32H,14,16-17H2,1H3.